The molecule has 0 fully saturated rings. The monoisotopic (exact) mass is 457 g/mol. The van der Waals surface area contributed by atoms with Crippen LogP contribution in [-0.4, -0.2) is 27.7 Å². The van der Waals surface area contributed by atoms with Gasteiger partial charge >= 0.3 is 0 Å². The highest BCUT2D eigenvalue weighted by molar-refractivity contribution is 6.37. The lowest BCUT2D eigenvalue weighted by Gasteiger charge is -2.34. The number of aromatic hydroxyl groups is 1. The molecule has 172 valence electrons. The van der Waals surface area contributed by atoms with Crippen molar-refractivity contribution in [2.24, 2.45) is 0 Å². The summed E-state index contributed by atoms with van der Waals surface area (Å²) in [7, 11) is 0. The van der Waals surface area contributed by atoms with Gasteiger partial charge in [0.15, 0.2) is 0 Å². The molecule has 7 nitrogen and oxygen atoms in total. The summed E-state index contributed by atoms with van der Waals surface area (Å²) in [4.78, 5) is 39.7. The Bertz CT molecular complexity index is 1350. The molecule has 0 aromatic heterocycles. The van der Waals surface area contributed by atoms with Gasteiger partial charge in [-0.1, -0.05) is 62.4 Å². The average Bonchev–Trinajstić information content (AvgIpc) is 3.17. The Hall–Kier alpha value is -3.97. The second-order valence-electron chi connectivity index (χ2n) is 9.00. The van der Waals surface area contributed by atoms with Crippen LogP contribution < -0.4 is 10.1 Å². The number of hydrogen-bond donors (Lipinski definition) is 3. The number of nitrogens with one attached hydrogen (secondary N) is 1. The zero-order chi connectivity index (χ0) is 24.3. The van der Waals surface area contributed by atoms with Gasteiger partial charge in [-0.05, 0) is 35.2 Å². The summed E-state index contributed by atoms with van der Waals surface area (Å²) in [6.07, 6.45) is -0.234. The predicted octanol–water partition coefficient (Wildman–Crippen LogP) is 3.07. The number of carbonyl (C=O) groups excluding carboxylic acids is 3. The third kappa shape index (κ3) is 2.97. The van der Waals surface area contributed by atoms with Crippen LogP contribution in [0.5, 0.6) is 11.5 Å². The Morgan fingerprint density at radius 2 is 1.71 bits per heavy atom. The van der Waals surface area contributed by atoms with E-state index < -0.39 is 28.8 Å². The Morgan fingerprint density at radius 3 is 2.41 bits per heavy atom. The number of Topliss-reactive ketones (excluding diaryl/α,β-unsaturated/α-hetero) is 2. The molecular formula is C27H23NO6. The van der Waals surface area contributed by atoms with Gasteiger partial charge in [-0.15, -0.1) is 0 Å². The number of phenolic OH excluding ortho intramolecular Hbond substituents is 1. The molecular weight excluding hydrogens is 434 g/mol. The molecule has 3 aromatic rings. The number of phenols is 1. The first-order valence-electron chi connectivity index (χ1n) is 11.0. The number of benzene rings is 3. The number of fused-ring (bicyclic) bond motifs is 5. The topological polar surface area (TPSA) is 113 Å². The number of aliphatic hydroxyl groups is 1. The van der Waals surface area contributed by atoms with E-state index in [4.69, 9.17) is 4.74 Å². The maximum Gasteiger partial charge on any atom is 0.288 e. The van der Waals surface area contributed by atoms with Gasteiger partial charge in [-0.25, -0.2) is 0 Å². The standard InChI is InChI=1S/C27H23NO6/c1-15(2)17-9-12-21-23(14-17)34-27(33)20-6-4-3-5-19(20)24(31)26(21,27)28-25(32)22(30)13-16-7-10-18(29)11-8-16/h3-12,14-15,29,33H,13H2,1-2H3,(H,28,32). The van der Waals surface area contributed by atoms with Crippen molar-refractivity contribution in [3.63, 3.8) is 0 Å². The molecule has 1 aliphatic carbocycles. The first-order chi connectivity index (χ1) is 16.2. The molecule has 7 heteroatoms. The van der Waals surface area contributed by atoms with Crippen LogP contribution in [0.3, 0.4) is 0 Å². The van der Waals surface area contributed by atoms with Crippen LogP contribution in [0.2, 0.25) is 0 Å². The molecule has 2 atom stereocenters. The number of ether oxygens (including phenoxy) is 1. The third-order valence-electron chi connectivity index (χ3n) is 6.57. The van der Waals surface area contributed by atoms with E-state index in [1.807, 2.05) is 19.9 Å². The largest absolute Gasteiger partial charge is 0.508 e. The van der Waals surface area contributed by atoms with Crippen LogP contribution in [0, 0.1) is 0 Å². The quantitative estimate of drug-likeness (QED) is 0.508. The van der Waals surface area contributed by atoms with Gasteiger partial charge in [0.05, 0.1) is 0 Å². The Morgan fingerprint density at radius 1 is 1.00 bits per heavy atom. The summed E-state index contributed by atoms with van der Waals surface area (Å²) >= 11 is 0. The lowest BCUT2D eigenvalue weighted by molar-refractivity contribution is -0.175. The van der Waals surface area contributed by atoms with Gasteiger partial charge < -0.3 is 20.3 Å². The summed E-state index contributed by atoms with van der Waals surface area (Å²) < 4.78 is 6.00. The smallest absolute Gasteiger partial charge is 0.288 e. The van der Waals surface area contributed by atoms with Crippen molar-refractivity contribution in [2.45, 2.75) is 37.5 Å². The molecule has 2 aliphatic rings. The summed E-state index contributed by atoms with van der Waals surface area (Å²) in [5, 5.41) is 23.8. The van der Waals surface area contributed by atoms with Gasteiger partial charge in [0.25, 0.3) is 11.7 Å². The summed E-state index contributed by atoms with van der Waals surface area (Å²) in [6.45, 7) is 4.01. The lowest BCUT2D eigenvalue weighted by atomic mass is 9.82. The van der Waals surface area contributed by atoms with E-state index in [0.29, 0.717) is 11.1 Å². The van der Waals surface area contributed by atoms with Gasteiger partial charge in [0.2, 0.25) is 17.1 Å². The maximum absolute atomic E-state index is 13.7. The summed E-state index contributed by atoms with van der Waals surface area (Å²) in [6, 6.07) is 17.6. The van der Waals surface area contributed by atoms with Gasteiger partial charge in [-0.3, -0.25) is 14.4 Å². The molecule has 5 rings (SSSR count). The van der Waals surface area contributed by atoms with Crippen LogP contribution in [0.25, 0.3) is 0 Å². The van der Waals surface area contributed by atoms with E-state index >= 15 is 0 Å². The normalized spacial score (nSPS) is 22.1. The molecule has 3 aromatic carbocycles. The van der Waals surface area contributed by atoms with Crippen molar-refractivity contribution in [3.05, 3.63) is 94.5 Å². The highest BCUT2D eigenvalue weighted by Gasteiger charge is 2.71. The van der Waals surface area contributed by atoms with Gasteiger partial charge in [-0.2, -0.15) is 0 Å². The van der Waals surface area contributed by atoms with Crippen LogP contribution in [0.4, 0.5) is 0 Å². The Balaban J connectivity index is 1.57. The Labute approximate surface area is 196 Å². The molecule has 3 N–H and O–H groups in total. The molecule has 1 amide bonds. The van der Waals surface area contributed by atoms with E-state index in [9.17, 15) is 24.6 Å². The van der Waals surface area contributed by atoms with Crippen molar-refractivity contribution < 1.29 is 29.3 Å². The zero-order valence-corrected chi connectivity index (χ0v) is 18.7. The van der Waals surface area contributed by atoms with E-state index in [-0.39, 0.29) is 35.0 Å². The Kier molecular flexibility index (Phi) is 4.84. The fourth-order valence-electron chi connectivity index (χ4n) is 4.75. The van der Waals surface area contributed by atoms with Crippen molar-refractivity contribution >= 4 is 17.5 Å². The highest BCUT2D eigenvalue weighted by Crippen LogP contribution is 2.58. The molecule has 0 bridgehead atoms. The highest BCUT2D eigenvalue weighted by atomic mass is 16.6. The molecule has 1 heterocycles. The first kappa shape index (κ1) is 21.9. The van der Waals surface area contributed by atoms with Crippen molar-refractivity contribution in [2.75, 3.05) is 0 Å². The van der Waals surface area contributed by atoms with Gasteiger partial charge in [0.1, 0.15) is 11.5 Å². The zero-order valence-electron chi connectivity index (χ0n) is 18.7. The number of carbonyl (C=O) groups is 3. The predicted molar refractivity (Wildman–Crippen MR) is 122 cm³/mol. The third-order valence-corrected chi connectivity index (χ3v) is 6.57. The second-order valence-corrected chi connectivity index (χ2v) is 9.00. The van der Waals surface area contributed by atoms with Crippen LogP contribution in [-0.2, 0) is 27.3 Å². The number of amides is 1. The van der Waals surface area contributed by atoms with Crippen LogP contribution >= 0.6 is 0 Å². The summed E-state index contributed by atoms with van der Waals surface area (Å²) in [5.41, 5.74) is 0.211. The fraction of sp³-hybridized carbons (Fsp3) is 0.222. The first-order valence-corrected chi connectivity index (χ1v) is 11.0. The minimum atomic E-state index is -2.20. The van der Waals surface area contributed by atoms with E-state index in [1.54, 1.807) is 36.4 Å². The minimum absolute atomic E-state index is 0.0411. The second kappa shape index (κ2) is 7.53. The average molecular weight is 457 g/mol. The molecule has 2 unspecified atom stereocenters. The lowest BCUT2D eigenvalue weighted by Crippen LogP contribution is -2.61. The van der Waals surface area contributed by atoms with Crippen molar-refractivity contribution in [1.82, 2.24) is 5.32 Å². The van der Waals surface area contributed by atoms with E-state index in [1.165, 1.54) is 24.3 Å². The number of hydrogen-bond acceptors (Lipinski definition) is 6. The molecule has 0 radical (unpaired) electrons. The fourth-order valence-corrected chi connectivity index (χ4v) is 4.75. The number of rotatable bonds is 5. The molecule has 0 saturated heterocycles. The number of ketones is 2. The maximum atomic E-state index is 13.7. The summed E-state index contributed by atoms with van der Waals surface area (Å²) in [5.74, 6) is -4.07. The van der Waals surface area contributed by atoms with Crippen LogP contribution in [0.1, 0.15) is 52.4 Å². The SMILES string of the molecule is CC(C)c1ccc2c(c1)OC1(O)c3ccccc3C(=O)C21NC(=O)C(=O)Cc1ccc(O)cc1. The molecule has 0 spiro atoms. The van der Waals surface area contributed by atoms with Crippen LogP contribution in [0.15, 0.2) is 66.7 Å². The van der Waals surface area contributed by atoms with E-state index in [0.717, 1.165) is 5.56 Å². The minimum Gasteiger partial charge on any atom is -0.508 e. The van der Waals surface area contributed by atoms with Gasteiger partial charge in [0, 0.05) is 23.1 Å². The molecule has 34 heavy (non-hydrogen) atoms. The molecule has 0 saturated carbocycles. The van der Waals surface area contributed by atoms with Crippen molar-refractivity contribution in [3.8, 4) is 11.5 Å². The van der Waals surface area contributed by atoms with E-state index in [2.05, 4.69) is 5.32 Å². The van der Waals surface area contributed by atoms with Crippen molar-refractivity contribution in [1.29, 1.82) is 0 Å². The molecule has 1 aliphatic heterocycles.